The average molecular weight is 168 g/mol. The lowest BCUT2D eigenvalue weighted by Gasteiger charge is -1.92. The molecule has 0 aliphatic rings. The molecule has 0 aromatic heterocycles. The fraction of sp³-hybridized carbons (Fsp3) is 0.500. The Kier molecular flexibility index (Phi) is 5.57. The molecule has 0 spiro atoms. The van der Waals surface area contributed by atoms with Gasteiger partial charge in [0.15, 0.2) is 0 Å². The van der Waals surface area contributed by atoms with Gasteiger partial charge in [-0.15, -0.1) is 0 Å². The SMILES string of the molecule is CC/C=C\C(=[N+]=[N-])C(=O)OCC. The molecule has 0 N–H and O–H groups in total. The predicted octanol–water partition coefficient (Wildman–Crippen LogP) is 1.19. The summed E-state index contributed by atoms with van der Waals surface area (Å²) in [5.74, 6) is -0.607. The van der Waals surface area contributed by atoms with Crippen LogP contribution in [0.2, 0.25) is 0 Å². The molecule has 0 fully saturated rings. The maximum Gasteiger partial charge on any atom is 0.421 e. The van der Waals surface area contributed by atoms with E-state index in [-0.39, 0.29) is 12.3 Å². The van der Waals surface area contributed by atoms with Crippen molar-refractivity contribution in [2.75, 3.05) is 6.61 Å². The lowest BCUT2D eigenvalue weighted by Crippen LogP contribution is -2.16. The molecule has 0 saturated carbocycles. The van der Waals surface area contributed by atoms with E-state index in [0.717, 1.165) is 6.42 Å². The Labute approximate surface area is 71.5 Å². The molecule has 12 heavy (non-hydrogen) atoms. The highest BCUT2D eigenvalue weighted by Crippen LogP contribution is 1.86. The molecule has 4 heteroatoms. The van der Waals surface area contributed by atoms with E-state index < -0.39 is 5.97 Å². The number of rotatable bonds is 4. The van der Waals surface area contributed by atoms with Crippen LogP contribution in [-0.2, 0) is 9.53 Å². The van der Waals surface area contributed by atoms with Gasteiger partial charge in [-0.05, 0) is 13.3 Å². The quantitative estimate of drug-likeness (QED) is 0.274. The van der Waals surface area contributed by atoms with Crippen molar-refractivity contribution in [3.8, 4) is 0 Å². The van der Waals surface area contributed by atoms with Crippen molar-refractivity contribution in [3.05, 3.63) is 17.7 Å². The van der Waals surface area contributed by atoms with Crippen LogP contribution in [0.25, 0.3) is 5.53 Å². The van der Waals surface area contributed by atoms with Crippen molar-refractivity contribution < 1.29 is 14.3 Å². The Balaban J connectivity index is 4.27. The molecule has 0 heterocycles. The van der Waals surface area contributed by atoms with Gasteiger partial charge in [0.1, 0.15) is 0 Å². The topological polar surface area (TPSA) is 62.7 Å². The predicted molar refractivity (Wildman–Crippen MR) is 44.7 cm³/mol. The molecule has 0 aromatic rings. The zero-order valence-corrected chi connectivity index (χ0v) is 7.28. The van der Waals surface area contributed by atoms with E-state index >= 15 is 0 Å². The number of esters is 1. The lowest BCUT2D eigenvalue weighted by molar-refractivity contribution is -0.139. The van der Waals surface area contributed by atoms with E-state index in [9.17, 15) is 4.79 Å². The molecule has 0 aliphatic heterocycles. The minimum Gasteiger partial charge on any atom is -0.457 e. The van der Waals surface area contributed by atoms with Gasteiger partial charge in [0.25, 0.3) is 0 Å². The van der Waals surface area contributed by atoms with Gasteiger partial charge in [-0.2, -0.15) is 4.79 Å². The highest BCUT2D eigenvalue weighted by molar-refractivity contribution is 6.38. The van der Waals surface area contributed by atoms with Gasteiger partial charge in [-0.3, -0.25) is 0 Å². The standard InChI is InChI=1S/C8H12N2O2/c1-3-5-6-7(10-9)8(11)12-4-2/h5-6H,3-4H2,1-2H3/b6-5-. The van der Waals surface area contributed by atoms with Crippen LogP contribution in [0.3, 0.4) is 0 Å². The number of carbonyl (C=O) groups excluding carboxylic acids is 1. The highest BCUT2D eigenvalue weighted by atomic mass is 16.5. The van der Waals surface area contributed by atoms with Crippen LogP contribution in [0.1, 0.15) is 20.3 Å². The number of ether oxygens (including phenoxy) is 1. The summed E-state index contributed by atoms with van der Waals surface area (Å²) in [6.07, 6.45) is 3.92. The van der Waals surface area contributed by atoms with Crippen molar-refractivity contribution in [3.63, 3.8) is 0 Å². The van der Waals surface area contributed by atoms with E-state index in [4.69, 9.17) is 5.53 Å². The van der Waals surface area contributed by atoms with Crippen LogP contribution in [0, 0.1) is 0 Å². The Hall–Kier alpha value is -1.41. The van der Waals surface area contributed by atoms with Crippen LogP contribution in [0.15, 0.2) is 12.2 Å². The molecular weight excluding hydrogens is 156 g/mol. The zero-order valence-electron chi connectivity index (χ0n) is 7.28. The lowest BCUT2D eigenvalue weighted by atomic mass is 10.3. The minimum absolute atomic E-state index is 0.0706. The van der Waals surface area contributed by atoms with E-state index in [2.05, 4.69) is 9.53 Å². The zero-order chi connectivity index (χ0) is 9.40. The van der Waals surface area contributed by atoms with Crippen LogP contribution in [0.4, 0.5) is 0 Å². The summed E-state index contributed by atoms with van der Waals surface area (Å²) in [5.41, 5.74) is 8.31. The molecule has 0 unspecified atom stereocenters. The maximum absolute atomic E-state index is 10.9. The molecule has 0 aliphatic carbocycles. The summed E-state index contributed by atoms with van der Waals surface area (Å²) >= 11 is 0. The maximum atomic E-state index is 10.9. The van der Waals surface area contributed by atoms with E-state index in [0.29, 0.717) is 0 Å². The van der Waals surface area contributed by atoms with Gasteiger partial charge in [0.2, 0.25) is 0 Å². The van der Waals surface area contributed by atoms with Gasteiger partial charge >= 0.3 is 11.7 Å². The molecule has 0 saturated heterocycles. The van der Waals surface area contributed by atoms with Crippen LogP contribution < -0.4 is 0 Å². The largest absolute Gasteiger partial charge is 0.457 e. The normalized spacial score (nSPS) is 9.50. The van der Waals surface area contributed by atoms with Gasteiger partial charge in [-0.1, -0.05) is 13.0 Å². The highest BCUT2D eigenvalue weighted by Gasteiger charge is 2.16. The van der Waals surface area contributed by atoms with E-state index in [1.165, 1.54) is 6.08 Å². The first-order valence-electron chi connectivity index (χ1n) is 3.82. The number of hydrogen-bond donors (Lipinski definition) is 0. The van der Waals surface area contributed by atoms with Gasteiger partial charge < -0.3 is 10.3 Å². The summed E-state index contributed by atoms with van der Waals surface area (Å²) in [6, 6.07) is 0. The summed E-state index contributed by atoms with van der Waals surface area (Å²) < 4.78 is 4.61. The van der Waals surface area contributed by atoms with Crippen molar-refractivity contribution in [1.82, 2.24) is 0 Å². The fourth-order valence-corrected chi connectivity index (χ4v) is 0.577. The summed E-state index contributed by atoms with van der Waals surface area (Å²) in [7, 11) is 0. The van der Waals surface area contributed by atoms with Gasteiger partial charge in [0.05, 0.1) is 6.61 Å². The molecule has 0 radical (unpaired) electrons. The summed E-state index contributed by atoms with van der Waals surface area (Å²) in [4.78, 5) is 13.7. The first kappa shape index (κ1) is 10.6. The Bertz CT molecular complexity index is 227. The molecule has 0 bridgehead atoms. The summed E-state index contributed by atoms with van der Waals surface area (Å²) in [6.45, 7) is 3.88. The first-order valence-corrected chi connectivity index (χ1v) is 3.82. The monoisotopic (exact) mass is 168 g/mol. The number of hydrogen-bond acceptors (Lipinski definition) is 2. The van der Waals surface area contributed by atoms with Crippen LogP contribution in [-0.4, -0.2) is 23.1 Å². The Morgan fingerprint density at radius 1 is 1.58 bits per heavy atom. The minimum atomic E-state index is -0.607. The average Bonchev–Trinajstić information content (AvgIpc) is 2.06. The van der Waals surface area contributed by atoms with E-state index in [1.54, 1.807) is 13.0 Å². The van der Waals surface area contributed by atoms with Crippen LogP contribution in [0.5, 0.6) is 0 Å². The second-order valence-electron chi connectivity index (χ2n) is 2.02. The third-order valence-corrected chi connectivity index (χ3v) is 1.10. The summed E-state index contributed by atoms with van der Waals surface area (Å²) in [5, 5.41) is 0. The molecular formula is C8H12N2O2. The Morgan fingerprint density at radius 3 is 2.67 bits per heavy atom. The second-order valence-corrected chi connectivity index (χ2v) is 2.02. The smallest absolute Gasteiger partial charge is 0.421 e. The third kappa shape index (κ3) is 3.68. The molecule has 0 amide bonds. The van der Waals surface area contributed by atoms with Crippen molar-refractivity contribution in [1.29, 1.82) is 0 Å². The number of allylic oxidation sites excluding steroid dienone is 1. The van der Waals surface area contributed by atoms with E-state index in [1.807, 2.05) is 6.92 Å². The second kappa shape index (κ2) is 6.31. The molecule has 0 atom stereocenters. The van der Waals surface area contributed by atoms with Gasteiger partial charge in [0, 0.05) is 6.08 Å². The number of nitrogens with zero attached hydrogens (tertiary/aromatic N) is 2. The molecule has 66 valence electrons. The van der Waals surface area contributed by atoms with Crippen molar-refractivity contribution in [2.45, 2.75) is 20.3 Å². The molecule has 0 rings (SSSR count). The van der Waals surface area contributed by atoms with Crippen LogP contribution >= 0.6 is 0 Å². The number of carbonyl (C=O) groups is 1. The first-order chi connectivity index (χ1) is 5.76. The molecule has 4 nitrogen and oxygen atoms in total. The molecule has 0 aromatic carbocycles. The van der Waals surface area contributed by atoms with Crippen molar-refractivity contribution >= 4 is 11.7 Å². The van der Waals surface area contributed by atoms with Crippen molar-refractivity contribution in [2.24, 2.45) is 0 Å². The fourth-order valence-electron chi connectivity index (χ4n) is 0.577. The Morgan fingerprint density at radius 2 is 2.25 bits per heavy atom. The third-order valence-electron chi connectivity index (χ3n) is 1.10. The van der Waals surface area contributed by atoms with Gasteiger partial charge in [-0.25, -0.2) is 4.79 Å².